The Hall–Kier alpha value is -0.510. The molecule has 80 valence electrons. The van der Waals surface area contributed by atoms with Gasteiger partial charge in [0.05, 0.1) is 0 Å². The third kappa shape index (κ3) is 2.36. The van der Waals surface area contributed by atoms with Gasteiger partial charge in [0.25, 0.3) is 0 Å². The van der Waals surface area contributed by atoms with Crippen LogP contribution in [-0.4, -0.2) is 11.3 Å². The minimum atomic E-state index is 0.115. The molecule has 1 heterocycles. The molecule has 0 aliphatic carbocycles. The summed E-state index contributed by atoms with van der Waals surface area (Å²) in [5.41, 5.74) is 5.75. The molecule has 1 aromatic carbocycles. The number of hydrogen-bond acceptors (Lipinski definition) is 3. The fraction of sp³-hybridized carbons (Fsp3) is 0.333. The lowest BCUT2D eigenvalue weighted by atomic mass is 10.2. The van der Waals surface area contributed by atoms with Crippen molar-refractivity contribution in [3.05, 3.63) is 29.6 Å². The van der Waals surface area contributed by atoms with Crippen molar-refractivity contribution in [2.45, 2.75) is 23.5 Å². The quantitative estimate of drug-likeness (QED) is 0.823. The van der Waals surface area contributed by atoms with Gasteiger partial charge in [0.15, 0.2) is 0 Å². The van der Waals surface area contributed by atoms with Crippen LogP contribution in [0.5, 0.6) is 0 Å². The largest absolute Gasteiger partial charge is 0.329 e. The Morgan fingerprint density at radius 2 is 2.07 bits per heavy atom. The van der Waals surface area contributed by atoms with Crippen molar-refractivity contribution in [2.75, 3.05) is 6.54 Å². The molecule has 1 nitrogen and oxygen atoms in total. The molecule has 0 aliphatic heterocycles. The van der Waals surface area contributed by atoms with Crippen molar-refractivity contribution in [1.82, 2.24) is 0 Å². The van der Waals surface area contributed by atoms with E-state index in [-0.39, 0.29) is 4.75 Å². The molecule has 0 unspecified atom stereocenters. The maximum absolute atomic E-state index is 5.75. The normalized spacial score (nSPS) is 12.2. The van der Waals surface area contributed by atoms with Crippen LogP contribution in [0.2, 0.25) is 0 Å². The first-order valence-electron chi connectivity index (χ1n) is 4.98. The summed E-state index contributed by atoms with van der Waals surface area (Å²) in [4.78, 5) is 1.35. The molecule has 0 saturated heterocycles. The summed E-state index contributed by atoms with van der Waals surface area (Å²) in [5, 5.41) is 3.58. The smallest absolute Gasteiger partial charge is 0.0354 e. The van der Waals surface area contributed by atoms with Gasteiger partial charge in [-0.05, 0) is 19.9 Å². The zero-order valence-electron chi connectivity index (χ0n) is 8.99. The Balaban J connectivity index is 2.37. The van der Waals surface area contributed by atoms with Crippen LogP contribution in [0, 0.1) is 0 Å². The minimum Gasteiger partial charge on any atom is -0.329 e. The highest BCUT2D eigenvalue weighted by Crippen LogP contribution is 2.39. The van der Waals surface area contributed by atoms with Gasteiger partial charge in [-0.3, -0.25) is 0 Å². The predicted molar refractivity (Wildman–Crippen MR) is 70.8 cm³/mol. The zero-order chi connectivity index (χ0) is 10.9. The Morgan fingerprint density at radius 3 is 2.80 bits per heavy atom. The van der Waals surface area contributed by atoms with E-state index in [9.17, 15) is 0 Å². The first-order chi connectivity index (χ1) is 7.12. The van der Waals surface area contributed by atoms with E-state index in [1.165, 1.54) is 15.0 Å². The van der Waals surface area contributed by atoms with Crippen LogP contribution in [0.25, 0.3) is 10.1 Å². The second-order valence-corrected chi connectivity index (χ2v) is 6.82. The van der Waals surface area contributed by atoms with Gasteiger partial charge >= 0.3 is 0 Å². The van der Waals surface area contributed by atoms with Crippen molar-refractivity contribution < 1.29 is 0 Å². The molecule has 0 bridgehead atoms. The summed E-state index contributed by atoms with van der Waals surface area (Å²) in [6.07, 6.45) is 0. The lowest BCUT2D eigenvalue weighted by Crippen LogP contribution is -2.26. The van der Waals surface area contributed by atoms with Crippen LogP contribution >= 0.6 is 23.1 Å². The first kappa shape index (κ1) is 11.0. The summed E-state index contributed by atoms with van der Waals surface area (Å²) >= 11 is 3.67. The molecule has 2 rings (SSSR count). The highest BCUT2D eigenvalue weighted by atomic mass is 32.2. The molecule has 0 saturated carbocycles. The molecule has 15 heavy (non-hydrogen) atoms. The van der Waals surface area contributed by atoms with E-state index in [4.69, 9.17) is 5.73 Å². The topological polar surface area (TPSA) is 26.0 Å². The maximum Gasteiger partial charge on any atom is 0.0354 e. The molecule has 2 aromatic rings. The van der Waals surface area contributed by atoms with E-state index in [0.717, 1.165) is 0 Å². The van der Waals surface area contributed by atoms with Crippen LogP contribution in [-0.2, 0) is 0 Å². The number of rotatable bonds is 3. The third-order valence-electron chi connectivity index (χ3n) is 2.32. The summed E-state index contributed by atoms with van der Waals surface area (Å²) in [5.74, 6) is 0. The van der Waals surface area contributed by atoms with Crippen LogP contribution in [0.4, 0.5) is 0 Å². The third-order valence-corrected chi connectivity index (χ3v) is 4.71. The second kappa shape index (κ2) is 4.16. The van der Waals surface area contributed by atoms with E-state index in [0.29, 0.717) is 6.54 Å². The van der Waals surface area contributed by atoms with Gasteiger partial charge in [-0.2, -0.15) is 0 Å². The van der Waals surface area contributed by atoms with E-state index in [1.54, 1.807) is 11.3 Å². The molecular weight excluding hydrogens is 222 g/mol. The number of nitrogens with two attached hydrogens (primary N) is 1. The average Bonchev–Trinajstić information content (AvgIpc) is 2.62. The van der Waals surface area contributed by atoms with Crippen LogP contribution in [0.15, 0.2) is 34.5 Å². The number of thiophene rings is 1. The van der Waals surface area contributed by atoms with Crippen LogP contribution < -0.4 is 5.73 Å². The molecule has 0 atom stereocenters. The Bertz CT molecular complexity index is 459. The standard InChI is InChI=1S/C12H15NS2/c1-12(2,8-13)15-11-7-14-10-6-4-3-5-9(10)11/h3-7H,8,13H2,1-2H3. The molecule has 3 heteroatoms. The van der Waals surface area contributed by atoms with Crippen molar-refractivity contribution in [2.24, 2.45) is 5.73 Å². The summed E-state index contributed by atoms with van der Waals surface area (Å²) in [6, 6.07) is 8.52. The van der Waals surface area contributed by atoms with Crippen molar-refractivity contribution in [3.8, 4) is 0 Å². The highest BCUT2D eigenvalue weighted by molar-refractivity contribution is 8.01. The number of fused-ring (bicyclic) bond motifs is 1. The molecule has 0 aliphatic rings. The summed E-state index contributed by atoms with van der Waals surface area (Å²) < 4.78 is 1.47. The van der Waals surface area contributed by atoms with Gasteiger partial charge < -0.3 is 5.73 Å². The second-order valence-electron chi connectivity index (χ2n) is 4.16. The van der Waals surface area contributed by atoms with E-state index in [1.807, 2.05) is 11.8 Å². The molecule has 2 N–H and O–H groups in total. The van der Waals surface area contributed by atoms with E-state index in [2.05, 4.69) is 43.5 Å². The molecular formula is C12H15NS2. The lowest BCUT2D eigenvalue weighted by Gasteiger charge is -2.20. The summed E-state index contributed by atoms with van der Waals surface area (Å²) in [6.45, 7) is 5.07. The molecule has 0 radical (unpaired) electrons. The lowest BCUT2D eigenvalue weighted by molar-refractivity contribution is 0.723. The minimum absolute atomic E-state index is 0.115. The number of benzene rings is 1. The van der Waals surface area contributed by atoms with Crippen LogP contribution in [0.1, 0.15) is 13.8 Å². The number of thioether (sulfide) groups is 1. The molecule has 0 spiro atoms. The van der Waals surface area contributed by atoms with E-state index >= 15 is 0 Å². The van der Waals surface area contributed by atoms with Gasteiger partial charge in [-0.15, -0.1) is 23.1 Å². The predicted octanol–water partition coefficient (Wildman–Crippen LogP) is 3.73. The highest BCUT2D eigenvalue weighted by Gasteiger charge is 2.18. The van der Waals surface area contributed by atoms with Crippen LogP contribution in [0.3, 0.4) is 0 Å². The van der Waals surface area contributed by atoms with Gasteiger partial charge in [-0.1, -0.05) is 18.2 Å². The number of hydrogen-bond donors (Lipinski definition) is 1. The first-order valence-corrected chi connectivity index (χ1v) is 6.67. The van der Waals surface area contributed by atoms with Gasteiger partial charge in [-0.25, -0.2) is 0 Å². The van der Waals surface area contributed by atoms with Crippen molar-refractivity contribution >= 4 is 33.2 Å². The van der Waals surface area contributed by atoms with Crippen molar-refractivity contribution in [3.63, 3.8) is 0 Å². The molecule has 0 fully saturated rings. The van der Waals surface area contributed by atoms with Gasteiger partial charge in [0.2, 0.25) is 0 Å². The molecule has 1 aromatic heterocycles. The summed E-state index contributed by atoms with van der Waals surface area (Å²) in [7, 11) is 0. The maximum atomic E-state index is 5.75. The Morgan fingerprint density at radius 1 is 1.33 bits per heavy atom. The average molecular weight is 237 g/mol. The van der Waals surface area contributed by atoms with Gasteiger partial charge in [0, 0.05) is 31.7 Å². The Labute approximate surface area is 98.7 Å². The zero-order valence-corrected chi connectivity index (χ0v) is 10.6. The fourth-order valence-electron chi connectivity index (χ4n) is 1.37. The van der Waals surface area contributed by atoms with Gasteiger partial charge in [0.1, 0.15) is 0 Å². The SMILES string of the molecule is CC(C)(CN)Sc1csc2ccccc12. The monoisotopic (exact) mass is 237 g/mol. The molecule has 0 amide bonds. The van der Waals surface area contributed by atoms with E-state index < -0.39 is 0 Å². The Kier molecular flexibility index (Phi) is 3.05. The van der Waals surface area contributed by atoms with Crippen molar-refractivity contribution in [1.29, 1.82) is 0 Å². The fourth-order valence-corrected chi connectivity index (χ4v) is 3.56.